The van der Waals surface area contributed by atoms with Crippen molar-refractivity contribution in [3.63, 3.8) is 0 Å². The Morgan fingerprint density at radius 2 is 1.82 bits per heavy atom. The number of hydrogen-bond donors (Lipinski definition) is 1. The van der Waals surface area contributed by atoms with Crippen LogP contribution < -0.4 is 5.32 Å². The number of rotatable bonds is 3. The fourth-order valence-corrected chi connectivity index (χ4v) is 2.26. The normalized spacial score (nSPS) is 10.3. The average molecular weight is 290 g/mol. The minimum Gasteiger partial charge on any atom is -0.381 e. The number of nitrogens with one attached hydrogen (secondary N) is 1. The molecule has 0 amide bonds. The van der Waals surface area contributed by atoms with Crippen molar-refractivity contribution in [1.29, 1.82) is 0 Å². The molecule has 0 saturated carbocycles. The van der Waals surface area contributed by atoms with Crippen molar-refractivity contribution in [2.45, 2.75) is 13.8 Å². The van der Waals surface area contributed by atoms with E-state index in [1.54, 1.807) is 0 Å². The zero-order valence-electron chi connectivity index (χ0n) is 10.1. The monoisotopic (exact) mass is 289 g/mol. The summed E-state index contributed by atoms with van der Waals surface area (Å²) in [5.74, 6) is 0. The van der Waals surface area contributed by atoms with Gasteiger partial charge in [-0.3, -0.25) is 0 Å². The summed E-state index contributed by atoms with van der Waals surface area (Å²) in [4.78, 5) is 0. The van der Waals surface area contributed by atoms with Crippen LogP contribution in [0.15, 0.2) is 52.5 Å². The van der Waals surface area contributed by atoms with E-state index in [-0.39, 0.29) is 0 Å². The first kappa shape index (κ1) is 12.2. The molecule has 1 nitrogen and oxygen atoms in total. The fourth-order valence-electron chi connectivity index (χ4n) is 1.78. The molecule has 88 valence electrons. The molecule has 0 fully saturated rings. The van der Waals surface area contributed by atoms with E-state index in [2.05, 4.69) is 77.6 Å². The van der Waals surface area contributed by atoms with Crippen molar-refractivity contribution in [1.82, 2.24) is 0 Å². The Bertz CT molecular complexity index is 554. The van der Waals surface area contributed by atoms with Crippen molar-refractivity contribution >= 4 is 32.4 Å². The van der Waals surface area contributed by atoms with E-state index in [0.29, 0.717) is 0 Å². The van der Waals surface area contributed by atoms with Gasteiger partial charge < -0.3 is 5.32 Å². The van der Waals surface area contributed by atoms with Crippen molar-refractivity contribution < 1.29 is 0 Å². The van der Waals surface area contributed by atoms with Gasteiger partial charge in [-0.25, -0.2) is 0 Å². The van der Waals surface area contributed by atoms with Crippen LogP contribution >= 0.6 is 15.9 Å². The van der Waals surface area contributed by atoms with Gasteiger partial charge in [0.2, 0.25) is 0 Å². The average Bonchev–Trinajstić information content (AvgIpc) is 2.32. The molecular weight excluding hydrogens is 274 g/mol. The quantitative estimate of drug-likeness (QED) is 0.786. The maximum Gasteiger partial charge on any atom is 0.0423 e. The minimum absolute atomic E-state index is 0.869. The smallest absolute Gasteiger partial charge is 0.0423 e. The molecule has 0 heterocycles. The second-order valence-corrected chi connectivity index (χ2v) is 5.16. The Morgan fingerprint density at radius 3 is 2.53 bits per heavy atom. The Kier molecular flexibility index (Phi) is 3.85. The predicted octanol–water partition coefficient (Wildman–Crippen LogP) is 4.98. The van der Waals surface area contributed by atoms with Gasteiger partial charge in [-0.1, -0.05) is 51.8 Å². The van der Waals surface area contributed by atoms with Crippen LogP contribution in [0.1, 0.15) is 13.8 Å². The van der Waals surface area contributed by atoms with Crippen molar-refractivity contribution in [3.8, 4) is 0 Å². The van der Waals surface area contributed by atoms with Crippen LogP contribution in [0.3, 0.4) is 0 Å². The highest BCUT2D eigenvalue weighted by Gasteiger charge is 2.02. The minimum atomic E-state index is 0.869. The summed E-state index contributed by atoms with van der Waals surface area (Å²) in [6.45, 7) is 5.09. The van der Waals surface area contributed by atoms with Crippen LogP contribution in [-0.4, -0.2) is 6.54 Å². The van der Waals surface area contributed by atoms with Crippen LogP contribution in [0.25, 0.3) is 10.8 Å². The first-order valence-corrected chi connectivity index (χ1v) is 6.52. The summed E-state index contributed by atoms with van der Waals surface area (Å²) in [5, 5.41) is 5.95. The van der Waals surface area contributed by atoms with Crippen LogP contribution in [-0.2, 0) is 0 Å². The lowest BCUT2D eigenvalue weighted by molar-refractivity contribution is 1.27. The Hall–Kier alpha value is -1.28. The first-order valence-electron chi connectivity index (χ1n) is 5.73. The molecule has 0 aliphatic heterocycles. The number of allylic oxidation sites excluding steroid dienone is 1. The van der Waals surface area contributed by atoms with Crippen LogP contribution in [0, 0.1) is 0 Å². The molecule has 0 radical (unpaired) electrons. The summed E-state index contributed by atoms with van der Waals surface area (Å²) < 4.78 is 1.14. The predicted molar refractivity (Wildman–Crippen MR) is 79.6 cm³/mol. The molecule has 2 heteroatoms. The lowest BCUT2D eigenvalue weighted by atomic mass is 10.1. The molecule has 0 aliphatic rings. The van der Waals surface area contributed by atoms with Gasteiger partial charge in [0.05, 0.1) is 0 Å². The van der Waals surface area contributed by atoms with E-state index in [1.165, 1.54) is 22.0 Å². The van der Waals surface area contributed by atoms with Gasteiger partial charge in [0.1, 0.15) is 0 Å². The van der Waals surface area contributed by atoms with E-state index < -0.39 is 0 Å². The molecule has 2 aromatic carbocycles. The maximum absolute atomic E-state index is 3.58. The third kappa shape index (κ3) is 2.89. The molecule has 17 heavy (non-hydrogen) atoms. The Labute approximate surface area is 111 Å². The Morgan fingerprint density at radius 1 is 1.12 bits per heavy atom. The largest absolute Gasteiger partial charge is 0.381 e. The topological polar surface area (TPSA) is 12.0 Å². The zero-order chi connectivity index (χ0) is 12.3. The number of anilines is 1. The van der Waals surface area contributed by atoms with Crippen molar-refractivity contribution in [2.75, 3.05) is 11.9 Å². The molecule has 0 unspecified atom stereocenters. The fraction of sp³-hybridized carbons (Fsp3) is 0.200. The second kappa shape index (κ2) is 5.37. The van der Waals surface area contributed by atoms with Gasteiger partial charge in [-0.2, -0.15) is 0 Å². The number of benzene rings is 2. The Balaban J connectivity index is 2.35. The zero-order valence-corrected chi connectivity index (χ0v) is 11.7. The lowest BCUT2D eigenvalue weighted by Crippen LogP contribution is -1.99. The van der Waals surface area contributed by atoms with Gasteiger partial charge in [0.25, 0.3) is 0 Å². The van der Waals surface area contributed by atoms with Crippen molar-refractivity contribution in [3.05, 3.63) is 52.5 Å². The van der Waals surface area contributed by atoms with E-state index in [4.69, 9.17) is 0 Å². The summed E-state index contributed by atoms with van der Waals surface area (Å²) in [6, 6.07) is 12.6. The standard InChI is InChI=1S/C15H16BrN/c1-11(2)9-10-17-15-8-7-14(16)12-5-3-4-6-13(12)15/h3-9,17H,10H2,1-2H3. The molecule has 0 spiro atoms. The molecule has 0 atom stereocenters. The summed E-state index contributed by atoms with van der Waals surface area (Å²) in [7, 11) is 0. The summed E-state index contributed by atoms with van der Waals surface area (Å²) >= 11 is 3.58. The van der Waals surface area contributed by atoms with E-state index in [0.717, 1.165) is 11.0 Å². The molecule has 2 aromatic rings. The third-order valence-corrected chi connectivity index (χ3v) is 3.37. The molecule has 2 rings (SSSR count). The van der Waals surface area contributed by atoms with Gasteiger partial charge in [0.15, 0.2) is 0 Å². The maximum atomic E-state index is 3.58. The SMILES string of the molecule is CC(C)=CCNc1ccc(Br)c2ccccc12. The highest BCUT2D eigenvalue weighted by Crippen LogP contribution is 2.29. The molecule has 0 bridgehead atoms. The number of halogens is 1. The summed E-state index contributed by atoms with van der Waals surface area (Å²) in [6.07, 6.45) is 2.19. The van der Waals surface area contributed by atoms with Gasteiger partial charge in [-0.15, -0.1) is 0 Å². The molecule has 0 aliphatic carbocycles. The van der Waals surface area contributed by atoms with Crippen LogP contribution in [0.5, 0.6) is 0 Å². The molecule has 0 saturated heterocycles. The van der Waals surface area contributed by atoms with Gasteiger partial charge in [-0.05, 0) is 31.4 Å². The highest BCUT2D eigenvalue weighted by molar-refractivity contribution is 9.10. The van der Waals surface area contributed by atoms with E-state index in [1.807, 2.05) is 0 Å². The van der Waals surface area contributed by atoms with Crippen LogP contribution in [0.2, 0.25) is 0 Å². The van der Waals surface area contributed by atoms with Crippen molar-refractivity contribution in [2.24, 2.45) is 0 Å². The lowest BCUT2D eigenvalue weighted by Gasteiger charge is -2.09. The molecule has 0 aromatic heterocycles. The van der Waals surface area contributed by atoms with Gasteiger partial charge in [0, 0.05) is 22.1 Å². The second-order valence-electron chi connectivity index (χ2n) is 4.30. The van der Waals surface area contributed by atoms with Gasteiger partial charge >= 0.3 is 0 Å². The van der Waals surface area contributed by atoms with E-state index in [9.17, 15) is 0 Å². The number of hydrogen-bond acceptors (Lipinski definition) is 1. The molecule has 1 N–H and O–H groups in total. The molecular formula is C15H16BrN. The number of fused-ring (bicyclic) bond motifs is 1. The van der Waals surface area contributed by atoms with E-state index >= 15 is 0 Å². The van der Waals surface area contributed by atoms with Crippen LogP contribution in [0.4, 0.5) is 5.69 Å². The third-order valence-electron chi connectivity index (χ3n) is 2.67. The summed E-state index contributed by atoms with van der Waals surface area (Å²) in [5.41, 5.74) is 2.51. The highest BCUT2D eigenvalue weighted by atomic mass is 79.9. The first-order chi connectivity index (χ1) is 8.18.